The fraction of sp³-hybridized carbons (Fsp3) is 0. The average molecular weight is 361 g/mol. The first-order valence-corrected chi connectivity index (χ1v) is 6.60. The van der Waals surface area contributed by atoms with E-state index in [4.69, 9.17) is 18.0 Å². The highest BCUT2D eigenvalue weighted by atomic mass is 79.9. The first-order valence-electron chi connectivity index (χ1n) is 5.40. The Morgan fingerprint density at radius 3 is 2.35 bits per heavy atom. The van der Waals surface area contributed by atoms with E-state index in [1.165, 1.54) is 0 Å². The molecule has 0 spiro atoms. The second-order valence-corrected chi connectivity index (χ2v) is 5.19. The van der Waals surface area contributed by atoms with Gasteiger partial charge in [-0.2, -0.15) is 0 Å². The van der Waals surface area contributed by atoms with Crippen LogP contribution >= 0.6 is 28.1 Å². The van der Waals surface area contributed by atoms with Gasteiger partial charge in [-0.05, 0) is 28.1 Å². The average Bonchev–Trinajstić information content (AvgIpc) is 2.35. The molecule has 0 radical (unpaired) electrons. The molecule has 0 aromatic heterocycles. The molecule has 0 heterocycles. The van der Waals surface area contributed by atoms with Crippen LogP contribution in [0, 0.1) is 17.5 Å². The monoisotopic (exact) mass is 360 g/mol. The van der Waals surface area contributed by atoms with E-state index in [0.717, 1.165) is 6.07 Å². The molecular formula is C13H8BrF3N2S. The number of benzene rings is 2. The fourth-order valence-corrected chi connectivity index (χ4v) is 2.57. The number of thiocarbonyl (C=S) groups is 1. The molecule has 0 saturated heterocycles. The molecule has 104 valence electrons. The van der Waals surface area contributed by atoms with Crippen LogP contribution in [0.5, 0.6) is 0 Å². The number of hydrogen-bond donors (Lipinski definition) is 2. The summed E-state index contributed by atoms with van der Waals surface area (Å²) < 4.78 is 40.3. The van der Waals surface area contributed by atoms with Gasteiger partial charge in [0.2, 0.25) is 0 Å². The molecule has 2 aromatic rings. The summed E-state index contributed by atoms with van der Waals surface area (Å²) in [6, 6.07) is 6.18. The van der Waals surface area contributed by atoms with Gasteiger partial charge in [-0.3, -0.25) is 0 Å². The maximum absolute atomic E-state index is 13.6. The van der Waals surface area contributed by atoms with Crippen molar-refractivity contribution in [2.75, 3.05) is 5.32 Å². The highest BCUT2D eigenvalue weighted by molar-refractivity contribution is 9.10. The first kappa shape index (κ1) is 14.8. The van der Waals surface area contributed by atoms with Crippen molar-refractivity contribution in [3.63, 3.8) is 0 Å². The van der Waals surface area contributed by atoms with Crippen molar-refractivity contribution in [3.05, 3.63) is 57.8 Å². The Morgan fingerprint density at radius 2 is 1.70 bits per heavy atom. The fourth-order valence-electron chi connectivity index (χ4n) is 1.64. The van der Waals surface area contributed by atoms with E-state index >= 15 is 0 Å². The molecule has 2 rings (SSSR count). The van der Waals surface area contributed by atoms with E-state index in [-0.39, 0.29) is 10.7 Å². The normalized spacial score (nSPS) is 10.4. The number of rotatable bonds is 3. The van der Waals surface area contributed by atoms with Gasteiger partial charge in [0.1, 0.15) is 10.8 Å². The Labute approximate surface area is 126 Å². The van der Waals surface area contributed by atoms with Crippen LogP contribution in [0.2, 0.25) is 0 Å². The van der Waals surface area contributed by atoms with E-state index in [0.29, 0.717) is 21.8 Å². The van der Waals surface area contributed by atoms with Crippen molar-refractivity contribution in [3.8, 4) is 0 Å². The molecule has 2 aromatic carbocycles. The number of nitrogens with two attached hydrogens (primary N) is 1. The minimum absolute atomic E-state index is 0.0861. The standard InChI is InChI=1S/C13H8BrF3N2S/c14-6-2-1-3-10(12(6)13(18)20)19-11-5-8(16)7(15)4-9(11)17/h1-5,19H,(H2,18,20). The van der Waals surface area contributed by atoms with Crippen molar-refractivity contribution in [2.45, 2.75) is 0 Å². The smallest absolute Gasteiger partial charge is 0.161 e. The molecule has 0 aliphatic carbocycles. The topological polar surface area (TPSA) is 38.0 Å². The molecule has 0 aliphatic rings. The molecule has 3 N–H and O–H groups in total. The largest absolute Gasteiger partial charge is 0.389 e. The number of hydrogen-bond acceptors (Lipinski definition) is 2. The van der Waals surface area contributed by atoms with Crippen molar-refractivity contribution in [2.24, 2.45) is 5.73 Å². The molecule has 0 fully saturated rings. The van der Waals surface area contributed by atoms with Gasteiger partial charge in [-0.25, -0.2) is 13.2 Å². The van der Waals surface area contributed by atoms with E-state index in [1.54, 1.807) is 18.2 Å². The third-order valence-corrected chi connectivity index (χ3v) is 3.40. The summed E-state index contributed by atoms with van der Waals surface area (Å²) in [5.74, 6) is -3.32. The Bertz CT molecular complexity index is 692. The minimum atomic E-state index is -1.25. The number of nitrogens with one attached hydrogen (secondary N) is 1. The van der Waals surface area contributed by atoms with Gasteiger partial charge >= 0.3 is 0 Å². The predicted octanol–water partition coefficient (Wildman–Crippen LogP) is 4.24. The van der Waals surface area contributed by atoms with Crippen molar-refractivity contribution >= 4 is 44.5 Å². The van der Waals surface area contributed by atoms with Crippen LogP contribution in [0.15, 0.2) is 34.8 Å². The van der Waals surface area contributed by atoms with Gasteiger partial charge in [0.25, 0.3) is 0 Å². The molecule has 0 aliphatic heterocycles. The summed E-state index contributed by atoms with van der Waals surface area (Å²) in [4.78, 5) is 0.0861. The molecular weight excluding hydrogens is 353 g/mol. The molecule has 0 amide bonds. The second kappa shape index (κ2) is 5.80. The molecule has 2 nitrogen and oxygen atoms in total. The van der Waals surface area contributed by atoms with Crippen LogP contribution in [0.25, 0.3) is 0 Å². The summed E-state index contributed by atoms with van der Waals surface area (Å²) in [5.41, 5.74) is 6.22. The highest BCUT2D eigenvalue weighted by Crippen LogP contribution is 2.29. The van der Waals surface area contributed by atoms with Gasteiger partial charge in [0.05, 0.1) is 5.69 Å². The van der Waals surface area contributed by atoms with Crippen LogP contribution in [0.3, 0.4) is 0 Å². The maximum atomic E-state index is 13.6. The van der Waals surface area contributed by atoms with E-state index < -0.39 is 17.5 Å². The SMILES string of the molecule is NC(=S)c1c(Br)cccc1Nc1cc(F)c(F)cc1F. The van der Waals surface area contributed by atoms with Gasteiger partial charge in [-0.15, -0.1) is 0 Å². The van der Waals surface area contributed by atoms with Crippen LogP contribution in [0.4, 0.5) is 24.5 Å². The van der Waals surface area contributed by atoms with Gasteiger partial charge in [0, 0.05) is 27.9 Å². The Kier molecular flexibility index (Phi) is 4.29. The molecule has 7 heteroatoms. The summed E-state index contributed by atoms with van der Waals surface area (Å²) in [6.07, 6.45) is 0. The lowest BCUT2D eigenvalue weighted by Crippen LogP contribution is -2.13. The molecule has 0 unspecified atom stereocenters. The molecule has 20 heavy (non-hydrogen) atoms. The molecule has 0 atom stereocenters. The van der Waals surface area contributed by atoms with E-state index in [9.17, 15) is 13.2 Å². The lowest BCUT2D eigenvalue weighted by molar-refractivity contribution is 0.496. The third-order valence-electron chi connectivity index (χ3n) is 2.54. The van der Waals surface area contributed by atoms with Crippen molar-refractivity contribution in [1.29, 1.82) is 0 Å². The number of anilines is 2. The maximum Gasteiger partial charge on any atom is 0.161 e. The lowest BCUT2D eigenvalue weighted by Gasteiger charge is -2.13. The first-order chi connectivity index (χ1) is 9.40. The summed E-state index contributed by atoms with van der Waals surface area (Å²) in [7, 11) is 0. The quantitative estimate of drug-likeness (QED) is 0.634. The van der Waals surface area contributed by atoms with Crippen molar-refractivity contribution in [1.82, 2.24) is 0 Å². The van der Waals surface area contributed by atoms with Gasteiger partial charge < -0.3 is 11.1 Å². The molecule has 0 bridgehead atoms. The summed E-state index contributed by atoms with van der Waals surface area (Å²) >= 11 is 8.18. The lowest BCUT2D eigenvalue weighted by atomic mass is 10.1. The Hall–Kier alpha value is -1.60. The van der Waals surface area contributed by atoms with Crippen LogP contribution < -0.4 is 11.1 Å². The van der Waals surface area contributed by atoms with Crippen LogP contribution in [-0.4, -0.2) is 4.99 Å². The minimum Gasteiger partial charge on any atom is -0.389 e. The zero-order chi connectivity index (χ0) is 14.9. The second-order valence-electron chi connectivity index (χ2n) is 3.90. The van der Waals surface area contributed by atoms with E-state index in [2.05, 4.69) is 21.2 Å². The van der Waals surface area contributed by atoms with Crippen LogP contribution in [-0.2, 0) is 0 Å². The zero-order valence-electron chi connectivity index (χ0n) is 9.88. The summed E-state index contributed by atoms with van der Waals surface area (Å²) in [5, 5.41) is 2.65. The predicted molar refractivity (Wildman–Crippen MR) is 79.6 cm³/mol. The van der Waals surface area contributed by atoms with E-state index in [1.807, 2.05) is 0 Å². The van der Waals surface area contributed by atoms with Crippen molar-refractivity contribution < 1.29 is 13.2 Å². The zero-order valence-corrected chi connectivity index (χ0v) is 12.3. The number of halogens is 4. The van der Waals surface area contributed by atoms with Gasteiger partial charge in [0.15, 0.2) is 11.6 Å². The Morgan fingerprint density at radius 1 is 1.05 bits per heavy atom. The Balaban J connectivity index is 2.48. The highest BCUT2D eigenvalue weighted by Gasteiger charge is 2.14. The van der Waals surface area contributed by atoms with Crippen LogP contribution in [0.1, 0.15) is 5.56 Å². The molecule has 0 saturated carbocycles. The third kappa shape index (κ3) is 2.94. The summed E-state index contributed by atoms with van der Waals surface area (Å²) in [6.45, 7) is 0. The van der Waals surface area contributed by atoms with Gasteiger partial charge in [-0.1, -0.05) is 18.3 Å².